The van der Waals surface area contributed by atoms with Crippen molar-refractivity contribution in [3.05, 3.63) is 34.9 Å². The van der Waals surface area contributed by atoms with Gasteiger partial charge < -0.3 is 16.0 Å². The molecule has 1 amide bonds. The van der Waals surface area contributed by atoms with Crippen LogP contribution < -0.4 is 16.0 Å². The Bertz CT molecular complexity index is 540. The maximum absolute atomic E-state index is 11.7. The van der Waals surface area contributed by atoms with Gasteiger partial charge in [0.2, 0.25) is 5.91 Å². The molecule has 0 heterocycles. The molecule has 0 radical (unpaired) electrons. The van der Waals surface area contributed by atoms with Gasteiger partial charge in [-0.05, 0) is 44.4 Å². The maximum atomic E-state index is 11.7. The molecule has 7 heteroatoms. The third-order valence-corrected chi connectivity index (χ3v) is 3.80. The predicted molar refractivity (Wildman–Crippen MR) is 117 cm³/mol. The number of hydrogen-bond donors (Lipinski definition) is 3. The van der Waals surface area contributed by atoms with E-state index in [1.807, 2.05) is 32.0 Å². The third-order valence-electron chi connectivity index (χ3n) is 3.57. The number of carbonyl (C=O) groups is 1. The van der Waals surface area contributed by atoms with Crippen LogP contribution in [-0.2, 0) is 11.2 Å². The number of hydrogen-bond acceptors (Lipinski definition) is 2. The number of guanidine groups is 1. The first-order valence-electron chi connectivity index (χ1n) is 8.61. The third kappa shape index (κ3) is 11.3. The first-order chi connectivity index (χ1) is 11.5. The molecule has 0 spiro atoms. The number of amides is 1. The zero-order valence-electron chi connectivity index (χ0n) is 15.3. The second-order valence-electron chi connectivity index (χ2n) is 5.69. The number of rotatable bonds is 9. The smallest absolute Gasteiger partial charge is 0.222 e. The highest BCUT2D eigenvalue weighted by molar-refractivity contribution is 14.0. The van der Waals surface area contributed by atoms with Crippen molar-refractivity contribution in [2.75, 3.05) is 19.6 Å². The normalized spacial score (nSPS) is 12.1. The van der Waals surface area contributed by atoms with Gasteiger partial charge in [0.25, 0.3) is 0 Å². The molecule has 0 aliphatic carbocycles. The predicted octanol–water partition coefficient (Wildman–Crippen LogP) is 3.36. The van der Waals surface area contributed by atoms with Crippen LogP contribution in [0, 0.1) is 0 Å². The molecule has 0 fully saturated rings. The Hall–Kier alpha value is -1.02. The molecule has 5 nitrogen and oxygen atoms in total. The van der Waals surface area contributed by atoms with Crippen LogP contribution in [0.3, 0.4) is 0 Å². The van der Waals surface area contributed by atoms with E-state index in [2.05, 4.69) is 33.9 Å². The molecule has 1 aromatic rings. The van der Waals surface area contributed by atoms with E-state index in [0.717, 1.165) is 36.9 Å². The summed E-state index contributed by atoms with van der Waals surface area (Å²) in [5.41, 5.74) is 1.18. The average molecular weight is 481 g/mol. The van der Waals surface area contributed by atoms with Gasteiger partial charge in [-0.3, -0.25) is 9.79 Å². The largest absolute Gasteiger partial charge is 0.357 e. The van der Waals surface area contributed by atoms with E-state index in [4.69, 9.17) is 11.6 Å². The molecular weight excluding hydrogens is 451 g/mol. The van der Waals surface area contributed by atoms with E-state index in [9.17, 15) is 4.79 Å². The fourth-order valence-electron chi connectivity index (χ4n) is 2.08. The summed E-state index contributed by atoms with van der Waals surface area (Å²) in [4.78, 5) is 16.2. The lowest BCUT2D eigenvalue weighted by Crippen LogP contribution is -2.38. The summed E-state index contributed by atoms with van der Waals surface area (Å²) in [7, 11) is 0. The number of halogens is 2. The Morgan fingerprint density at radius 3 is 2.68 bits per heavy atom. The summed E-state index contributed by atoms with van der Waals surface area (Å²) in [5.74, 6) is 0.777. The lowest BCUT2D eigenvalue weighted by Gasteiger charge is -2.12. The summed E-state index contributed by atoms with van der Waals surface area (Å²) < 4.78 is 0. The highest BCUT2D eigenvalue weighted by Gasteiger charge is 2.05. The lowest BCUT2D eigenvalue weighted by molar-refractivity contribution is -0.121. The molecule has 0 saturated carbocycles. The average Bonchev–Trinajstić information content (AvgIpc) is 2.54. The minimum Gasteiger partial charge on any atom is -0.357 e. The van der Waals surface area contributed by atoms with Crippen molar-refractivity contribution in [1.29, 1.82) is 0 Å². The summed E-state index contributed by atoms with van der Waals surface area (Å²) >= 11 is 5.99. The van der Waals surface area contributed by atoms with Gasteiger partial charge in [0.15, 0.2) is 5.96 Å². The van der Waals surface area contributed by atoms with Crippen LogP contribution in [-0.4, -0.2) is 37.5 Å². The second-order valence-corrected chi connectivity index (χ2v) is 6.13. The number of carbonyl (C=O) groups excluding carboxylic acids is 1. The van der Waals surface area contributed by atoms with Gasteiger partial charge in [0.1, 0.15) is 0 Å². The van der Waals surface area contributed by atoms with E-state index in [1.54, 1.807) is 0 Å². The zero-order chi connectivity index (χ0) is 17.8. The van der Waals surface area contributed by atoms with Crippen molar-refractivity contribution in [2.24, 2.45) is 4.99 Å². The summed E-state index contributed by atoms with van der Waals surface area (Å²) in [6.07, 6.45) is 2.19. The first kappa shape index (κ1) is 24.0. The van der Waals surface area contributed by atoms with Crippen LogP contribution in [0.4, 0.5) is 0 Å². The van der Waals surface area contributed by atoms with Crippen molar-refractivity contribution in [3.8, 4) is 0 Å². The molecule has 0 bridgehead atoms. The minimum absolute atomic E-state index is 0. The Kier molecular flexibility index (Phi) is 13.6. The van der Waals surface area contributed by atoms with Crippen LogP contribution >= 0.6 is 35.6 Å². The van der Waals surface area contributed by atoms with Gasteiger partial charge in [0.05, 0.1) is 6.54 Å². The number of nitrogens with one attached hydrogen (secondary N) is 3. The number of nitrogens with zero attached hydrogens (tertiary/aromatic N) is 1. The summed E-state index contributed by atoms with van der Waals surface area (Å²) in [6.45, 7) is 8.07. The summed E-state index contributed by atoms with van der Waals surface area (Å²) in [5, 5.41) is 10.2. The van der Waals surface area contributed by atoms with E-state index in [0.29, 0.717) is 13.0 Å². The van der Waals surface area contributed by atoms with Gasteiger partial charge >= 0.3 is 0 Å². The molecule has 0 aliphatic rings. The number of aliphatic imine (C=N–C) groups is 1. The highest BCUT2D eigenvalue weighted by atomic mass is 127. The van der Waals surface area contributed by atoms with Crippen LogP contribution in [0.2, 0.25) is 5.02 Å². The molecule has 142 valence electrons. The van der Waals surface area contributed by atoms with E-state index in [-0.39, 0.29) is 35.9 Å². The van der Waals surface area contributed by atoms with Gasteiger partial charge in [-0.25, -0.2) is 0 Å². The minimum atomic E-state index is 0. The first-order valence-corrected chi connectivity index (χ1v) is 8.98. The van der Waals surface area contributed by atoms with Crippen LogP contribution in [0.15, 0.2) is 29.3 Å². The van der Waals surface area contributed by atoms with Crippen molar-refractivity contribution in [2.45, 2.75) is 46.1 Å². The molecule has 3 N–H and O–H groups in total. The number of benzene rings is 1. The van der Waals surface area contributed by atoms with E-state index >= 15 is 0 Å². The quantitative estimate of drug-likeness (QED) is 0.288. The van der Waals surface area contributed by atoms with Crippen molar-refractivity contribution < 1.29 is 4.79 Å². The van der Waals surface area contributed by atoms with Gasteiger partial charge in [-0.15, -0.1) is 24.0 Å². The van der Waals surface area contributed by atoms with Crippen molar-refractivity contribution >= 4 is 47.4 Å². The SMILES string of the molecule is CCNC(=NCCC(=O)NC(C)CC)NCCc1cccc(Cl)c1.I. The standard InChI is InChI=1S/C18H29ClN4O.HI/c1-4-14(3)23-17(24)10-12-22-18(20-5-2)21-11-9-15-7-6-8-16(19)13-15;/h6-8,13-14H,4-5,9-12H2,1-3H3,(H,23,24)(H2,20,21,22);1H. The zero-order valence-corrected chi connectivity index (χ0v) is 18.4. The van der Waals surface area contributed by atoms with Crippen molar-refractivity contribution in [1.82, 2.24) is 16.0 Å². The monoisotopic (exact) mass is 480 g/mol. The Morgan fingerprint density at radius 1 is 1.28 bits per heavy atom. The van der Waals surface area contributed by atoms with Crippen LogP contribution in [0.5, 0.6) is 0 Å². The highest BCUT2D eigenvalue weighted by Crippen LogP contribution is 2.10. The Balaban J connectivity index is 0.00000576. The van der Waals surface area contributed by atoms with E-state index in [1.165, 1.54) is 5.56 Å². The summed E-state index contributed by atoms with van der Waals surface area (Å²) in [6, 6.07) is 8.05. The lowest BCUT2D eigenvalue weighted by atomic mass is 10.1. The molecule has 1 atom stereocenters. The molecule has 25 heavy (non-hydrogen) atoms. The van der Waals surface area contributed by atoms with Crippen LogP contribution in [0.25, 0.3) is 0 Å². The molecular formula is C18H30ClIN4O. The topological polar surface area (TPSA) is 65.5 Å². The molecule has 0 aliphatic heterocycles. The van der Waals surface area contributed by atoms with E-state index < -0.39 is 0 Å². The molecule has 1 unspecified atom stereocenters. The fraction of sp³-hybridized carbons (Fsp3) is 0.556. The van der Waals surface area contributed by atoms with Crippen molar-refractivity contribution in [3.63, 3.8) is 0 Å². The second kappa shape index (κ2) is 14.2. The Morgan fingerprint density at radius 2 is 2.04 bits per heavy atom. The molecule has 0 saturated heterocycles. The van der Waals surface area contributed by atoms with Gasteiger partial charge in [-0.1, -0.05) is 30.7 Å². The molecule has 1 rings (SSSR count). The maximum Gasteiger partial charge on any atom is 0.222 e. The van der Waals surface area contributed by atoms with Crippen LogP contribution in [0.1, 0.15) is 39.2 Å². The van der Waals surface area contributed by atoms with Gasteiger partial charge in [-0.2, -0.15) is 0 Å². The Labute approximate surface area is 173 Å². The van der Waals surface area contributed by atoms with Gasteiger partial charge in [0, 0.05) is 30.6 Å². The molecule has 0 aromatic heterocycles. The fourth-order valence-corrected chi connectivity index (χ4v) is 2.29. The molecule has 1 aromatic carbocycles.